The van der Waals surface area contributed by atoms with Crippen LogP contribution in [0.15, 0.2) is 24.5 Å². The van der Waals surface area contributed by atoms with Crippen LogP contribution in [0.25, 0.3) is 0 Å². The lowest BCUT2D eigenvalue weighted by Gasteiger charge is -1.96. The number of amides is 1. The minimum atomic E-state index is -1.31. The summed E-state index contributed by atoms with van der Waals surface area (Å²) in [6.07, 6.45) is 3.14. The van der Waals surface area contributed by atoms with Gasteiger partial charge in [-0.1, -0.05) is 6.07 Å². The summed E-state index contributed by atoms with van der Waals surface area (Å²) >= 11 is 0. The summed E-state index contributed by atoms with van der Waals surface area (Å²) in [7, 11) is 0. The molecule has 0 radical (unpaired) electrons. The number of nitrogens with zero attached hydrogens (tertiary/aromatic N) is 3. The zero-order valence-electron chi connectivity index (χ0n) is 8.29. The molecule has 2 atom stereocenters. The number of carbonyl (C=O) groups is 1. The van der Waals surface area contributed by atoms with Gasteiger partial charge in [0.15, 0.2) is 5.41 Å². The second-order valence-electron chi connectivity index (χ2n) is 3.74. The molecule has 0 aromatic carbocycles. The fraction of sp³-hybridized carbons (Fsp3) is 0.273. The molecule has 5 nitrogen and oxygen atoms in total. The number of pyridine rings is 1. The smallest absolute Gasteiger partial charge is 0.223 e. The van der Waals surface area contributed by atoms with Crippen LogP contribution in [-0.4, -0.2) is 10.9 Å². The van der Waals surface area contributed by atoms with Gasteiger partial charge in [0.2, 0.25) is 5.91 Å². The summed E-state index contributed by atoms with van der Waals surface area (Å²) in [6.45, 7) is 0. The molecule has 0 bridgehead atoms. The topological polar surface area (TPSA) is 104 Å². The van der Waals surface area contributed by atoms with E-state index in [1.54, 1.807) is 24.5 Å². The van der Waals surface area contributed by atoms with Crippen molar-refractivity contribution < 1.29 is 4.79 Å². The van der Waals surface area contributed by atoms with Crippen LogP contribution >= 0.6 is 0 Å². The molecule has 1 amide bonds. The molecule has 16 heavy (non-hydrogen) atoms. The van der Waals surface area contributed by atoms with Crippen molar-refractivity contribution in [3.8, 4) is 12.1 Å². The van der Waals surface area contributed by atoms with E-state index in [2.05, 4.69) is 4.98 Å². The molecule has 1 aromatic rings. The maximum absolute atomic E-state index is 11.2. The Labute approximate surface area is 92.1 Å². The van der Waals surface area contributed by atoms with Gasteiger partial charge in [0, 0.05) is 18.3 Å². The van der Waals surface area contributed by atoms with Crippen LogP contribution < -0.4 is 5.73 Å². The van der Waals surface area contributed by atoms with E-state index in [9.17, 15) is 4.79 Å². The van der Waals surface area contributed by atoms with Crippen molar-refractivity contribution in [1.29, 1.82) is 10.5 Å². The minimum absolute atomic E-state index is 0.450. The first-order valence-corrected chi connectivity index (χ1v) is 4.69. The van der Waals surface area contributed by atoms with E-state index < -0.39 is 23.2 Å². The van der Waals surface area contributed by atoms with Crippen molar-refractivity contribution in [3.63, 3.8) is 0 Å². The summed E-state index contributed by atoms with van der Waals surface area (Å²) in [5.41, 5.74) is 4.58. The molecule has 0 spiro atoms. The number of rotatable bonds is 2. The number of nitriles is 2. The van der Waals surface area contributed by atoms with E-state index in [0.29, 0.717) is 5.56 Å². The third-order valence-corrected chi connectivity index (χ3v) is 2.93. The van der Waals surface area contributed by atoms with Gasteiger partial charge >= 0.3 is 0 Å². The summed E-state index contributed by atoms with van der Waals surface area (Å²) in [5.74, 6) is -1.79. The van der Waals surface area contributed by atoms with Gasteiger partial charge in [-0.15, -0.1) is 0 Å². The Morgan fingerprint density at radius 1 is 1.50 bits per heavy atom. The van der Waals surface area contributed by atoms with Crippen LogP contribution in [0.1, 0.15) is 11.5 Å². The third-order valence-electron chi connectivity index (χ3n) is 2.93. The Morgan fingerprint density at radius 2 is 2.19 bits per heavy atom. The van der Waals surface area contributed by atoms with Gasteiger partial charge in [-0.05, 0) is 11.6 Å². The lowest BCUT2D eigenvalue weighted by Crippen LogP contribution is -2.17. The van der Waals surface area contributed by atoms with E-state index in [-0.39, 0.29) is 0 Å². The Bertz CT molecular complexity index is 497. The summed E-state index contributed by atoms with van der Waals surface area (Å²) < 4.78 is 0. The van der Waals surface area contributed by atoms with Crippen molar-refractivity contribution in [3.05, 3.63) is 30.1 Å². The van der Waals surface area contributed by atoms with Crippen molar-refractivity contribution in [2.24, 2.45) is 17.1 Å². The molecule has 1 aromatic heterocycles. The first-order chi connectivity index (χ1) is 7.67. The number of nitrogens with two attached hydrogens (primary N) is 1. The van der Waals surface area contributed by atoms with Gasteiger partial charge in [0.05, 0.1) is 18.1 Å². The molecule has 1 heterocycles. The van der Waals surface area contributed by atoms with E-state index in [4.69, 9.17) is 16.3 Å². The van der Waals surface area contributed by atoms with Crippen LogP contribution in [-0.2, 0) is 4.79 Å². The predicted octanol–water partition coefficient (Wildman–Crippen LogP) is 0.314. The van der Waals surface area contributed by atoms with Crippen LogP contribution in [0.5, 0.6) is 0 Å². The molecular formula is C11H8N4O. The Balaban J connectivity index is 2.43. The zero-order chi connectivity index (χ0) is 11.8. The number of carbonyl (C=O) groups excluding carboxylic acids is 1. The van der Waals surface area contributed by atoms with Gasteiger partial charge in [0.25, 0.3) is 0 Å². The highest BCUT2D eigenvalue weighted by atomic mass is 16.1. The zero-order valence-corrected chi connectivity index (χ0v) is 8.29. The number of hydrogen-bond acceptors (Lipinski definition) is 4. The number of primary amides is 1. The van der Waals surface area contributed by atoms with Gasteiger partial charge in [-0.2, -0.15) is 10.5 Å². The van der Waals surface area contributed by atoms with Gasteiger partial charge in [-0.25, -0.2) is 0 Å². The molecule has 0 unspecified atom stereocenters. The SMILES string of the molecule is N#CC1(C#N)[C@H](C(N)=O)[C@@H]1c1cccnc1. The quantitative estimate of drug-likeness (QED) is 0.761. The summed E-state index contributed by atoms with van der Waals surface area (Å²) in [4.78, 5) is 15.1. The Hall–Kier alpha value is -2.40. The van der Waals surface area contributed by atoms with Gasteiger partial charge in [-0.3, -0.25) is 9.78 Å². The summed E-state index contributed by atoms with van der Waals surface area (Å²) in [5, 5.41) is 18.0. The second kappa shape index (κ2) is 3.32. The van der Waals surface area contributed by atoms with E-state index in [0.717, 1.165) is 0 Å². The molecular weight excluding hydrogens is 204 g/mol. The predicted molar refractivity (Wildman–Crippen MR) is 53.3 cm³/mol. The molecule has 0 aliphatic heterocycles. The Morgan fingerprint density at radius 3 is 2.56 bits per heavy atom. The van der Waals surface area contributed by atoms with Crippen LogP contribution in [0.2, 0.25) is 0 Å². The maximum Gasteiger partial charge on any atom is 0.223 e. The lowest BCUT2D eigenvalue weighted by atomic mass is 10.0. The lowest BCUT2D eigenvalue weighted by molar-refractivity contribution is -0.119. The fourth-order valence-corrected chi connectivity index (χ4v) is 2.09. The first-order valence-electron chi connectivity index (χ1n) is 4.69. The minimum Gasteiger partial charge on any atom is -0.369 e. The number of hydrogen-bond donors (Lipinski definition) is 1. The second-order valence-corrected chi connectivity index (χ2v) is 3.74. The summed E-state index contributed by atoms with van der Waals surface area (Å²) in [6, 6.07) is 7.22. The van der Waals surface area contributed by atoms with Gasteiger partial charge in [0.1, 0.15) is 0 Å². The van der Waals surface area contributed by atoms with Gasteiger partial charge < -0.3 is 5.73 Å². The highest BCUT2D eigenvalue weighted by Crippen LogP contribution is 2.63. The monoisotopic (exact) mass is 212 g/mol. The molecule has 1 aliphatic carbocycles. The molecule has 5 heteroatoms. The third kappa shape index (κ3) is 1.15. The molecule has 2 N–H and O–H groups in total. The first kappa shape index (κ1) is 10.1. The van der Waals surface area contributed by atoms with Crippen molar-refractivity contribution in [2.45, 2.75) is 5.92 Å². The largest absolute Gasteiger partial charge is 0.369 e. The normalized spacial score (nSPS) is 25.1. The average molecular weight is 212 g/mol. The van der Waals surface area contributed by atoms with E-state index in [1.165, 1.54) is 0 Å². The Kier molecular flexibility index (Phi) is 2.10. The fourth-order valence-electron chi connectivity index (χ4n) is 2.09. The van der Waals surface area contributed by atoms with E-state index >= 15 is 0 Å². The standard InChI is InChI=1S/C11H8N4O/c12-5-11(6-13)8(9(11)10(14)16)7-2-1-3-15-4-7/h1-4,8-9H,(H2,14,16)/t8-,9-/m0/s1. The molecule has 1 aliphatic rings. The van der Waals surface area contributed by atoms with Crippen molar-refractivity contribution in [2.75, 3.05) is 0 Å². The molecule has 2 rings (SSSR count). The van der Waals surface area contributed by atoms with Crippen LogP contribution in [0.4, 0.5) is 0 Å². The van der Waals surface area contributed by atoms with Crippen LogP contribution in [0.3, 0.4) is 0 Å². The average Bonchev–Trinajstić information content (AvgIpc) is 3.00. The maximum atomic E-state index is 11.2. The molecule has 78 valence electrons. The van der Waals surface area contributed by atoms with E-state index in [1.807, 2.05) is 12.1 Å². The molecule has 1 fully saturated rings. The van der Waals surface area contributed by atoms with Crippen molar-refractivity contribution >= 4 is 5.91 Å². The number of aromatic nitrogens is 1. The van der Waals surface area contributed by atoms with Crippen molar-refractivity contribution in [1.82, 2.24) is 4.98 Å². The molecule has 1 saturated carbocycles. The van der Waals surface area contributed by atoms with Crippen LogP contribution in [0, 0.1) is 34.0 Å². The molecule has 0 saturated heterocycles. The highest BCUT2D eigenvalue weighted by molar-refractivity contribution is 5.85. The highest BCUT2D eigenvalue weighted by Gasteiger charge is 2.70.